The Balaban J connectivity index is 1.90. The van der Waals surface area contributed by atoms with Crippen LogP contribution in [0.1, 0.15) is 26.0 Å². The van der Waals surface area contributed by atoms with Gasteiger partial charge in [-0.1, -0.05) is 23.2 Å². The van der Waals surface area contributed by atoms with Crippen molar-refractivity contribution >= 4 is 47.1 Å². The average molecular weight is 473 g/mol. The highest BCUT2D eigenvalue weighted by Crippen LogP contribution is 2.32. The molecule has 9 heteroatoms. The van der Waals surface area contributed by atoms with Crippen LogP contribution in [0.2, 0.25) is 10.0 Å². The van der Waals surface area contributed by atoms with Crippen molar-refractivity contribution in [1.29, 1.82) is 5.26 Å². The van der Waals surface area contributed by atoms with Gasteiger partial charge in [0.2, 0.25) is 0 Å². The number of ether oxygens (including phenoxy) is 1. The van der Waals surface area contributed by atoms with Gasteiger partial charge in [0.05, 0.1) is 16.7 Å². The number of esters is 1. The van der Waals surface area contributed by atoms with Crippen molar-refractivity contribution in [2.45, 2.75) is 20.3 Å². The standard InChI is InChI=1S/C23H18Cl2N2O5/c1-13-17(11-16-5-7-21(32-16)15-4-6-19(24)20(25)10-15)22(29)27(23(30)18(13)12-26)8-3-9-31-14(2)28/h4-7,10-11H,3,8-9H2,1-2H3. The van der Waals surface area contributed by atoms with Crippen LogP contribution < -0.4 is 0 Å². The predicted octanol–water partition coefficient (Wildman–Crippen LogP) is 4.80. The summed E-state index contributed by atoms with van der Waals surface area (Å²) in [6, 6.07) is 10.3. The molecular formula is C23H18Cl2N2O5. The smallest absolute Gasteiger partial charge is 0.302 e. The van der Waals surface area contributed by atoms with E-state index in [9.17, 15) is 19.6 Å². The predicted molar refractivity (Wildman–Crippen MR) is 118 cm³/mol. The number of halogens is 2. The lowest BCUT2D eigenvalue weighted by molar-refractivity contribution is -0.141. The zero-order valence-electron chi connectivity index (χ0n) is 17.3. The van der Waals surface area contributed by atoms with Crippen LogP contribution in [0.3, 0.4) is 0 Å². The van der Waals surface area contributed by atoms with Crippen LogP contribution in [0.4, 0.5) is 0 Å². The van der Waals surface area contributed by atoms with E-state index in [4.69, 9.17) is 32.4 Å². The van der Waals surface area contributed by atoms with Gasteiger partial charge in [0.15, 0.2) is 0 Å². The molecule has 0 unspecified atom stereocenters. The second kappa shape index (κ2) is 9.86. The molecule has 164 valence electrons. The summed E-state index contributed by atoms with van der Waals surface area (Å²) < 4.78 is 10.7. The third kappa shape index (κ3) is 4.93. The quantitative estimate of drug-likeness (QED) is 0.259. The van der Waals surface area contributed by atoms with Gasteiger partial charge in [-0.3, -0.25) is 19.3 Å². The summed E-state index contributed by atoms with van der Waals surface area (Å²) >= 11 is 12.0. The zero-order chi connectivity index (χ0) is 23.4. The number of furan rings is 1. The third-order valence-corrected chi connectivity index (χ3v) is 5.51. The SMILES string of the molecule is CC(=O)OCCCN1C(=O)C(=Cc2ccc(-c3ccc(Cl)c(Cl)c3)o2)C(C)=C(C#N)C1=O. The number of amides is 2. The van der Waals surface area contributed by atoms with Crippen LogP contribution in [0, 0.1) is 11.3 Å². The molecule has 1 aromatic carbocycles. The first-order valence-corrected chi connectivity index (χ1v) is 10.4. The van der Waals surface area contributed by atoms with Crippen molar-refractivity contribution in [3.05, 3.63) is 62.9 Å². The van der Waals surface area contributed by atoms with Crippen LogP contribution in [0.15, 0.2) is 51.5 Å². The summed E-state index contributed by atoms with van der Waals surface area (Å²) in [5, 5.41) is 10.3. The Morgan fingerprint density at radius 3 is 2.59 bits per heavy atom. The fourth-order valence-electron chi connectivity index (χ4n) is 3.15. The second-order valence-electron chi connectivity index (χ2n) is 6.96. The van der Waals surface area contributed by atoms with Gasteiger partial charge in [-0.25, -0.2) is 0 Å². The van der Waals surface area contributed by atoms with Gasteiger partial charge in [-0.2, -0.15) is 5.26 Å². The first-order valence-electron chi connectivity index (χ1n) is 9.60. The first-order chi connectivity index (χ1) is 15.2. The van der Waals surface area contributed by atoms with Gasteiger partial charge in [0.25, 0.3) is 11.8 Å². The molecule has 1 aliphatic rings. The van der Waals surface area contributed by atoms with Crippen LogP contribution >= 0.6 is 23.2 Å². The zero-order valence-corrected chi connectivity index (χ0v) is 18.8. The molecule has 0 radical (unpaired) electrons. The molecule has 0 saturated carbocycles. The van der Waals surface area contributed by atoms with Crippen molar-refractivity contribution in [3.8, 4) is 17.4 Å². The molecule has 0 N–H and O–H groups in total. The Hall–Kier alpha value is -3.34. The van der Waals surface area contributed by atoms with E-state index in [1.54, 1.807) is 37.3 Å². The maximum Gasteiger partial charge on any atom is 0.302 e. The Bertz CT molecular complexity index is 1200. The molecule has 3 rings (SSSR count). The van der Waals surface area contributed by atoms with Crippen LogP contribution in [-0.2, 0) is 19.1 Å². The summed E-state index contributed by atoms with van der Waals surface area (Å²) in [5.74, 6) is -0.811. The number of nitriles is 1. The normalized spacial score (nSPS) is 15.3. The average Bonchev–Trinajstić information content (AvgIpc) is 3.21. The highest BCUT2D eigenvalue weighted by Gasteiger charge is 2.35. The highest BCUT2D eigenvalue weighted by atomic mass is 35.5. The molecule has 2 amide bonds. The van der Waals surface area contributed by atoms with Crippen LogP contribution in [0.25, 0.3) is 17.4 Å². The number of imide groups is 1. The van der Waals surface area contributed by atoms with E-state index >= 15 is 0 Å². The number of rotatable bonds is 6. The van der Waals surface area contributed by atoms with Crippen molar-refractivity contribution in [3.63, 3.8) is 0 Å². The highest BCUT2D eigenvalue weighted by molar-refractivity contribution is 6.42. The van der Waals surface area contributed by atoms with E-state index in [2.05, 4.69) is 0 Å². The van der Waals surface area contributed by atoms with Gasteiger partial charge in [0, 0.05) is 24.6 Å². The lowest BCUT2D eigenvalue weighted by Crippen LogP contribution is -2.43. The molecule has 0 bridgehead atoms. The fraction of sp³-hybridized carbons (Fsp3) is 0.217. The van der Waals surface area contributed by atoms with Gasteiger partial charge >= 0.3 is 5.97 Å². The molecule has 7 nitrogen and oxygen atoms in total. The molecule has 1 aromatic heterocycles. The molecule has 1 aliphatic heterocycles. The Labute approximate surface area is 194 Å². The van der Waals surface area contributed by atoms with Gasteiger partial charge in [0.1, 0.15) is 23.2 Å². The van der Waals surface area contributed by atoms with E-state index < -0.39 is 17.8 Å². The summed E-state index contributed by atoms with van der Waals surface area (Å²) in [6.45, 7) is 2.88. The van der Waals surface area contributed by atoms with E-state index in [0.717, 1.165) is 4.90 Å². The van der Waals surface area contributed by atoms with Crippen molar-refractivity contribution in [2.24, 2.45) is 0 Å². The minimum atomic E-state index is -0.675. The topological polar surface area (TPSA) is 101 Å². The molecule has 0 saturated heterocycles. The molecule has 0 fully saturated rings. The summed E-state index contributed by atoms with van der Waals surface area (Å²) in [7, 11) is 0. The molecule has 32 heavy (non-hydrogen) atoms. The van der Waals surface area contributed by atoms with Crippen molar-refractivity contribution in [1.82, 2.24) is 4.90 Å². The maximum atomic E-state index is 13.0. The Morgan fingerprint density at radius 1 is 1.19 bits per heavy atom. The van der Waals surface area contributed by atoms with Gasteiger partial charge in [-0.05, 0) is 55.3 Å². The van der Waals surface area contributed by atoms with Crippen LogP contribution in [-0.4, -0.2) is 35.8 Å². The Morgan fingerprint density at radius 2 is 1.94 bits per heavy atom. The number of hydrogen-bond donors (Lipinski definition) is 0. The molecular weight excluding hydrogens is 455 g/mol. The van der Waals surface area contributed by atoms with Gasteiger partial charge < -0.3 is 9.15 Å². The minimum Gasteiger partial charge on any atom is -0.466 e. The van der Waals surface area contributed by atoms with Crippen LogP contribution in [0.5, 0.6) is 0 Å². The maximum absolute atomic E-state index is 13.0. The summed E-state index contributed by atoms with van der Waals surface area (Å²) in [4.78, 5) is 37.5. The van der Waals surface area contributed by atoms with E-state index in [0.29, 0.717) is 27.1 Å². The van der Waals surface area contributed by atoms with Crippen molar-refractivity contribution < 1.29 is 23.5 Å². The Kier molecular flexibility index (Phi) is 7.18. The number of carbonyl (C=O) groups is 3. The van der Waals surface area contributed by atoms with Crippen molar-refractivity contribution in [2.75, 3.05) is 13.2 Å². The lowest BCUT2D eigenvalue weighted by atomic mass is 9.94. The summed E-state index contributed by atoms with van der Waals surface area (Å²) in [6.07, 6.45) is 1.74. The number of benzene rings is 1. The van der Waals surface area contributed by atoms with Gasteiger partial charge in [-0.15, -0.1) is 0 Å². The third-order valence-electron chi connectivity index (χ3n) is 4.77. The lowest BCUT2D eigenvalue weighted by Gasteiger charge is -2.27. The minimum absolute atomic E-state index is 0.00737. The molecule has 0 aliphatic carbocycles. The van der Waals surface area contributed by atoms with E-state index in [1.807, 2.05) is 6.07 Å². The molecule has 2 heterocycles. The molecule has 2 aromatic rings. The largest absolute Gasteiger partial charge is 0.466 e. The number of nitrogens with zero attached hydrogens (tertiary/aromatic N) is 2. The number of hydrogen-bond acceptors (Lipinski definition) is 6. The fourth-order valence-corrected chi connectivity index (χ4v) is 3.45. The molecule has 0 atom stereocenters. The molecule has 0 spiro atoms. The monoisotopic (exact) mass is 472 g/mol. The first kappa shape index (κ1) is 23.3. The second-order valence-corrected chi connectivity index (χ2v) is 7.77. The number of carbonyl (C=O) groups excluding carboxylic acids is 3. The van der Waals surface area contributed by atoms with E-state index in [1.165, 1.54) is 13.0 Å². The summed E-state index contributed by atoms with van der Waals surface area (Å²) in [5.41, 5.74) is 1.01. The van der Waals surface area contributed by atoms with E-state index in [-0.39, 0.29) is 36.3 Å².